The van der Waals surface area contributed by atoms with Gasteiger partial charge in [-0.15, -0.1) is 0 Å². The summed E-state index contributed by atoms with van der Waals surface area (Å²) in [4.78, 5) is 21.4. The number of ether oxygens (including phenoxy) is 1. The van der Waals surface area contributed by atoms with Crippen LogP contribution in [0.15, 0.2) is 12.3 Å². The number of carbonyl (C=O) groups excluding carboxylic acids is 1. The predicted molar refractivity (Wildman–Crippen MR) is 95.3 cm³/mol. The maximum Gasteiger partial charge on any atom is 0.410 e. The topological polar surface area (TPSA) is 45.7 Å². The Morgan fingerprint density at radius 1 is 1.21 bits per heavy atom. The Bertz CT molecular complexity index is 603. The van der Waals surface area contributed by atoms with Gasteiger partial charge in [0.2, 0.25) is 0 Å². The summed E-state index contributed by atoms with van der Waals surface area (Å²) < 4.78 is 5.58. The molecule has 5 heteroatoms. The second-order valence-corrected chi connectivity index (χ2v) is 7.93. The summed E-state index contributed by atoms with van der Waals surface area (Å²) in [5, 5.41) is 0. The lowest BCUT2D eigenvalue weighted by molar-refractivity contribution is 0.0224. The first kappa shape index (κ1) is 17.1. The Kier molecular flexibility index (Phi) is 4.70. The van der Waals surface area contributed by atoms with Crippen LogP contribution in [0.25, 0.3) is 0 Å². The summed E-state index contributed by atoms with van der Waals surface area (Å²) in [5.41, 5.74) is 1.91. The fourth-order valence-electron chi connectivity index (χ4n) is 3.65. The molecule has 1 aromatic heterocycles. The highest BCUT2D eigenvalue weighted by molar-refractivity contribution is 5.69. The molecule has 2 aliphatic heterocycles. The molecule has 2 aliphatic rings. The first-order valence-electron chi connectivity index (χ1n) is 9.06. The quantitative estimate of drug-likeness (QED) is 0.820. The van der Waals surface area contributed by atoms with Crippen molar-refractivity contribution >= 4 is 11.9 Å². The molecule has 1 aromatic rings. The number of amides is 1. The second kappa shape index (κ2) is 6.61. The number of aryl methyl sites for hydroxylation is 1. The van der Waals surface area contributed by atoms with Gasteiger partial charge in [0.05, 0.1) is 6.04 Å². The third-order valence-corrected chi connectivity index (χ3v) is 4.81. The van der Waals surface area contributed by atoms with Crippen molar-refractivity contribution in [1.29, 1.82) is 0 Å². The Morgan fingerprint density at radius 2 is 1.92 bits per heavy atom. The molecule has 0 spiro atoms. The Morgan fingerprint density at radius 3 is 2.54 bits per heavy atom. The molecule has 2 fully saturated rings. The number of hydrogen-bond donors (Lipinski definition) is 0. The van der Waals surface area contributed by atoms with Crippen LogP contribution in [0.2, 0.25) is 0 Å². The maximum absolute atomic E-state index is 12.5. The number of anilines is 1. The van der Waals surface area contributed by atoms with Crippen LogP contribution in [0.5, 0.6) is 0 Å². The summed E-state index contributed by atoms with van der Waals surface area (Å²) in [6.07, 6.45) is 6.24. The Labute approximate surface area is 145 Å². The number of carbonyl (C=O) groups is 1. The van der Waals surface area contributed by atoms with Crippen LogP contribution in [0.4, 0.5) is 10.6 Å². The average molecular weight is 331 g/mol. The first-order valence-corrected chi connectivity index (χ1v) is 9.06. The molecule has 0 aliphatic carbocycles. The summed E-state index contributed by atoms with van der Waals surface area (Å²) >= 11 is 0. The van der Waals surface area contributed by atoms with E-state index in [9.17, 15) is 4.79 Å². The fourth-order valence-corrected chi connectivity index (χ4v) is 3.65. The minimum Gasteiger partial charge on any atom is -0.444 e. The Balaban J connectivity index is 1.78. The van der Waals surface area contributed by atoms with E-state index in [1.165, 1.54) is 18.4 Å². The van der Waals surface area contributed by atoms with Gasteiger partial charge in [0.15, 0.2) is 0 Å². The molecule has 24 heavy (non-hydrogen) atoms. The molecule has 3 rings (SSSR count). The third kappa shape index (κ3) is 3.65. The van der Waals surface area contributed by atoms with Crippen LogP contribution < -0.4 is 4.90 Å². The van der Waals surface area contributed by atoms with E-state index < -0.39 is 5.60 Å². The average Bonchev–Trinajstić information content (AvgIpc) is 3.17. The number of likely N-dealkylation sites (tertiary alicyclic amines) is 1. The van der Waals surface area contributed by atoms with Crippen molar-refractivity contribution in [1.82, 2.24) is 9.88 Å². The van der Waals surface area contributed by atoms with E-state index in [-0.39, 0.29) is 12.1 Å². The molecule has 5 nitrogen and oxygen atoms in total. The van der Waals surface area contributed by atoms with Gasteiger partial charge in [0, 0.05) is 25.8 Å². The van der Waals surface area contributed by atoms with Crippen molar-refractivity contribution in [2.24, 2.45) is 0 Å². The molecule has 2 saturated heterocycles. The zero-order valence-electron chi connectivity index (χ0n) is 15.3. The van der Waals surface area contributed by atoms with Crippen molar-refractivity contribution in [3.8, 4) is 0 Å². The normalized spacial score (nSPS) is 21.4. The molecule has 0 bridgehead atoms. The van der Waals surface area contributed by atoms with Crippen LogP contribution >= 0.6 is 0 Å². The van der Waals surface area contributed by atoms with Crippen LogP contribution in [-0.2, 0) is 4.74 Å². The SMILES string of the molecule is Cc1cc(N2CCCC2)ncc1[C@H]1CCCN1C(=O)OC(C)(C)C. The lowest BCUT2D eigenvalue weighted by Gasteiger charge is -2.29. The monoisotopic (exact) mass is 331 g/mol. The highest BCUT2D eigenvalue weighted by atomic mass is 16.6. The zero-order chi connectivity index (χ0) is 17.3. The number of rotatable bonds is 2. The zero-order valence-corrected chi connectivity index (χ0v) is 15.3. The van der Waals surface area contributed by atoms with Gasteiger partial charge in [-0.2, -0.15) is 0 Å². The van der Waals surface area contributed by atoms with Gasteiger partial charge in [-0.25, -0.2) is 9.78 Å². The smallest absolute Gasteiger partial charge is 0.410 e. The van der Waals surface area contributed by atoms with E-state index in [0.717, 1.165) is 43.9 Å². The van der Waals surface area contributed by atoms with Gasteiger partial charge in [0.25, 0.3) is 0 Å². The van der Waals surface area contributed by atoms with Gasteiger partial charge in [-0.1, -0.05) is 0 Å². The molecule has 0 N–H and O–H groups in total. The molecule has 1 atom stereocenters. The molecule has 0 unspecified atom stereocenters. The predicted octanol–water partition coefficient (Wildman–Crippen LogP) is 4.06. The van der Waals surface area contributed by atoms with Gasteiger partial charge >= 0.3 is 6.09 Å². The van der Waals surface area contributed by atoms with E-state index >= 15 is 0 Å². The van der Waals surface area contributed by atoms with Crippen LogP contribution in [-0.4, -0.2) is 41.2 Å². The van der Waals surface area contributed by atoms with Gasteiger partial charge < -0.3 is 14.5 Å². The summed E-state index contributed by atoms with van der Waals surface area (Å²) in [6, 6.07) is 2.26. The van der Waals surface area contributed by atoms with Crippen molar-refractivity contribution in [3.05, 3.63) is 23.4 Å². The highest BCUT2D eigenvalue weighted by Crippen LogP contribution is 2.35. The molecule has 0 radical (unpaired) electrons. The minimum atomic E-state index is -0.461. The molecular formula is C19H29N3O2. The number of pyridine rings is 1. The van der Waals surface area contributed by atoms with E-state index in [0.29, 0.717) is 0 Å². The molecule has 0 aromatic carbocycles. The van der Waals surface area contributed by atoms with E-state index in [4.69, 9.17) is 4.74 Å². The van der Waals surface area contributed by atoms with Crippen LogP contribution in [0, 0.1) is 6.92 Å². The van der Waals surface area contributed by atoms with Crippen LogP contribution in [0.3, 0.4) is 0 Å². The highest BCUT2D eigenvalue weighted by Gasteiger charge is 2.34. The minimum absolute atomic E-state index is 0.0833. The molecular weight excluding hydrogens is 302 g/mol. The summed E-state index contributed by atoms with van der Waals surface area (Å²) in [6.45, 7) is 10.8. The lowest BCUT2D eigenvalue weighted by Crippen LogP contribution is -2.36. The Hall–Kier alpha value is -1.78. The maximum atomic E-state index is 12.5. The number of nitrogens with zero attached hydrogens (tertiary/aromatic N) is 3. The molecule has 132 valence electrons. The van der Waals surface area contributed by atoms with Gasteiger partial charge in [-0.3, -0.25) is 0 Å². The van der Waals surface area contributed by atoms with E-state index in [1.54, 1.807) is 0 Å². The first-order chi connectivity index (χ1) is 11.3. The number of hydrogen-bond acceptors (Lipinski definition) is 4. The van der Waals surface area contributed by atoms with Crippen molar-refractivity contribution < 1.29 is 9.53 Å². The van der Waals surface area contributed by atoms with Gasteiger partial charge in [-0.05, 0) is 70.6 Å². The van der Waals surface area contributed by atoms with Crippen LogP contribution in [0.1, 0.15) is 63.6 Å². The van der Waals surface area contributed by atoms with E-state index in [2.05, 4.69) is 22.9 Å². The van der Waals surface area contributed by atoms with Crippen molar-refractivity contribution in [2.75, 3.05) is 24.5 Å². The largest absolute Gasteiger partial charge is 0.444 e. The number of aromatic nitrogens is 1. The van der Waals surface area contributed by atoms with Crippen molar-refractivity contribution in [2.45, 2.75) is 65.0 Å². The lowest BCUT2D eigenvalue weighted by atomic mass is 10.0. The molecule has 1 amide bonds. The molecule has 0 saturated carbocycles. The van der Waals surface area contributed by atoms with Gasteiger partial charge in [0.1, 0.15) is 11.4 Å². The third-order valence-electron chi connectivity index (χ3n) is 4.81. The summed E-state index contributed by atoms with van der Waals surface area (Å²) in [5.74, 6) is 1.07. The fraction of sp³-hybridized carbons (Fsp3) is 0.684. The van der Waals surface area contributed by atoms with E-state index in [1.807, 2.05) is 31.9 Å². The summed E-state index contributed by atoms with van der Waals surface area (Å²) in [7, 11) is 0. The standard InChI is InChI=1S/C19H29N3O2/c1-14-12-17(21-9-5-6-10-21)20-13-15(14)16-8-7-11-22(16)18(23)24-19(2,3)4/h12-13,16H,5-11H2,1-4H3/t16-/m1/s1. The molecule has 3 heterocycles. The van der Waals surface area contributed by atoms with Crippen molar-refractivity contribution in [3.63, 3.8) is 0 Å². The second-order valence-electron chi connectivity index (χ2n) is 7.93.